The van der Waals surface area contributed by atoms with Gasteiger partial charge in [0.05, 0.1) is 6.61 Å². The van der Waals surface area contributed by atoms with Gasteiger partial charge in [-0.05, 0) is 42.0 Å². The monoisotopic (exact) mass is 359 g/mol. The molecule has 0 fully saturated rings. The van der Waals surface area contributed by atoms with Crippen LogP contribution in [0.15, 0.2) is 84.9 Å². The van der Waals surface area contributed by atoms with Crippen LogP contribution in [0.4, 0.5) is 0 Å². The molecule has 2 aliphatic rings. The lowest BCUT2D eigenvalue weighted by atomic mass is 10.1. The van der Waals surface area contributed by atoms with Crippen LogP contribution in [0, 0.1) is 0 Å². The molecule has 0 N–H and O–H groups in total. The van der Waals surface area contributed by atoms with Crippen LogP contribution in [0.25, 0.3) is 0 Å². The lowest BCUT2D eigenvalue weighted by Gasteiger charge is -1.93. The molecule has 1 aliphatic heterocycles. The molecule has 0 unspecified atom stereocenters. The fraction of sp³-hybridized carbons (Fsp3) is 0.280. The molecular weight excluding hydrogens is 327 g/mol. The molecule has 1 heterocycles. The molecule has 3 aromatic rings. The Hall–Kier alpha value is -2.48. The van der Waals surface area contributed by atoms with E-state index in [-0.39, 0.29) is 23.3 Å². The van der Waals surface area contributed by atoms with Gasteiger partial charge in [0, 0.05) is 14.8 Å². The van der Waals surface area contributed by atoms with Crippen molar-refractivity contribution < 1.29 is 4.74 Å². The standard InChI is InChI=1S/C9H10.C8H8O.C6H6.2CH4.B/c1-2-5-9-7-3-6-8(9)4-1;1-2-4-8-7(3-1)5-6-9-8;1-2-4-6-5-3-1;;;/h1-2,4-5H,3,6-7H2;1-4H,5-6H2;1-6H;2*1H4;. The first-order valence-electron chi connectivity index (χ1n) is 8.71. The fourth-order valence-corrected chi connectivity index (χ4v) is 3.02. The normalized spacial score (nSPS) is 11.9. The highest BCUT2D eigenvalue weighted by Gasteiger charge is 2.08. The summed E-state index contributed by atoms with van der Waals surface area (Å²) in [6, 6.07) is 28.9. The van der Waals surface area contributed by atoms with Crippen molar-refractivity contribution in [3.05, 3.63) is 102 Å². The van der Waals surface area contributed by atoms with Crippen molar-refractivity contribution in [2.24, 2.45) is 0 Å². The summed E-state index contributed by atoms with van der Waals surface area (Å²) < 4.78 is 5.30. The number of benzene rings is 3. The maximum atomic E-state index is 5.30. The molecular formula is C25H32BO. The van der Waals surface area contributed by atoms with Gasteiger partial charge in [-0.15, -0.1) is 0 Å². The van der Waals surface area contributed by atoms with Gasteiger partial charge in [-0.2, -0.15) is 0 Å². The summed E-state index contributed by atoms with van der Waals surface area (Å²) in [5, 5.41) is 0. The molecule has 0 spiro atoms. The molecule has 0 aromatic heterocycles. The van der Waals surface area contributed by atoms with Gasteiger partial charge < -0.3 is 4.74 Å². The third kappa shape index (κ3) is 7.74. The van der Waals surface area contributed by atoms with E-state index in [0.717, 1.165) is 18.8 Å². The van der Waals surface area contributed by atoms with Crippen LogP contribution in [-0.4, -0.2) is 15.0 Å². The van der Waals surface area contributed by atoms with E-state index in [9.17, 15) is 0 Å². The van der Waals surface area contributed by atoms with Crippen LogP contribution in [0.3, 0.4) is 0 Å². The van der Waals surface area contributed by atoms with E-state index in [0.29, 0.717) is 0 Å². The highest BCUT2D eigenvalue weighted by Crippen LogP contribution is 2.23. The number of para-hydroxylation sites is 1. The second kappa shape index (κ2) is 13.7. The molecule has 0 bridgehead atoms. The summed E-state index contributed by atoms with van der Waals surface area (Å²) >= 11 is 0. The molecule has 1 nitrogen and oxygen atoms in total. The predicted molar refractivity (Wildman–Crippen MR) is 120 cm³/mol. The van der Waals surface area contributed by atoms with E-state index in [1.54, 1.807) is 11.1 Å². The Bertz CT molecular complexity index is 618. The molecule has 0 saturated carbocycles. The summed E-state index contributed by atoms with van der Waals surface area (Å²) in [5.41, 5.74) is 4.48. The number of hydrogen-bond acceptors (Lipinski definition) is 1. The van der Waals surface area contributed by atoms with Crippen molar-refractivity contribution in [1.82, 2.24) is 0 Å². The van der Waals surface area contributed by atoms with Crippen LogP contribution < -0.4 is 4.74 Å². The minimum atomic E-state index is 0. The Labute approximate surface area is 168 Å². The molecule has 3 aromatic carbocycles. The SMILES string of the molecule is C.C.[B].c1ccc2c(c1)CCC2.c1ccc2c(c1)CCO2.c1ccccc1. The van der Waals surface area contributed by atoms with Gasteiger partial charge in [-0.1, -0.05) is 93.7 Å². The number of ether oxygens (including phenoxy) is 1. The zero-order valence-corrected chi connectivity index (χ0v) is 14.6. The quantitative estimate of drug-likeness (QED) is 0.424. The van der Waals surface area contributed by atoms with E-state index in [1.807, 2.05) is 54.6 Å². The minimum Gasteiger partial charge on any atom is -0.493 e. The first kappa shape index (κ1) is 24.5. The van der Waals surface area contributed by atoms with Crippen molar-refractivity contribution in [3.8, 4) is 5.75 Å². The van der Waals surface area contributed by atoms with E-state index >= 15 is 0 Å². The van der Waals surface area contributed by atoms with Gasteiger partial charge in [0.1, 0.15) is 5.75 Å². The van der Waals surface area contributed by atoms with Crippen molar-refractivity contribution in [2.75, 3.05) is 6.61 Å². The second-order valence-electron chi connectivity index (χ2n) is 5.98. The minimum absolute atomic E-state index is 0. The number of aryl methyl sites for hydroxylation is 2. The van der Waals surface area contributed by atoms with E-state index in [1.165, 1.54) is 24.8 Å². The van der Waals surface area contributed by atoms with E-state index in [2.05, 4.69) is 30.3 Å². The summed E-state index contributed by atoms with van der Waals surface area (Å²) in [6.07, 6.45) is 5.04. The molecule has 0 saturated heterocycles. The van der Waals surface area contributed by atoms with Crippen molar-refractivity contribution in [2.45, 2.75) is 40.5 Å². The molecule has 27 heavy (non-hydrogen) atoms. The highest BCUT2D eigenvalue weighted by atomic mass is 16.5. The van der Waals surface area contributed by atoms with Gasteiger partial charge >= 0.3 is 0 Å². The second-order valence-corrected chi connectivity index (χ2v) is 5.98. The third-order valence-electron chi connectivity index (χ3n) is 4.28. The molecule has 141 valence electrons. The van der Waals surface area contributed by atoms with E-state index < -0.39 is 0 Å². The topological polar surface area (TPSA) is 9.23 Å². The molecule has 1 aliphatic carbocycles. The molecule has 2 heteroatoms. The Morgan fingerprint density at radius 3 is 1.44 bits per heavy atom. The largest absolute Gasteiger partial charge is 0.493 e. The zero-order chi connectivity index (χ0) is 16.5. The first-order valence-corrected chi connectivity index (χ1v) is 8.71. The van der Waals surface area contributed by atoms with Gasteiger partial charge in [0.25, 0.3) is 0 Å². The smallest absolute Gasteiger partial charge is 0.122 e. The predicted octanol–water partition coefficient (Wildman–Crippen LogP) is 6.37. The Kier molecular flexibility index (Phi) is 12.4. The first-order chi connectivity index (χ1) is 11.9. The molecule has 3 radical (unpaired) electrons. The molecule has 0 atom stereocenters. The highest BCUT2D eigenvalue weighted by molar-refractivity contribution is 5.75. The van der Waals surface area contributed by atoms with E-state index in [4.69, 9.17) is 4.74 Å². The Morgan fingerprint density at radius 1 is 0.519 bits per heavy atom. The fourth-order valence-electron chi connectivity index (χ4n) is 3.02. The third-order valence-corrected chi connectivity index (χ3v) is 4.28. The van der Waals surface area contributed by atoms with Crippen LogP contribution in [0.2, 0.25) is 0 Å². The van der Waals surface area contributed by atoms with Crippen LogP contribution in [0.5, 0.6) is 5.75 Å². The Morgan fingerprint density at radius 2 is 0.963 bits per heavy atom. The maximum absolute atomic E-state index is 5.30. The summed E-state index contributed by atoms with van der Waals surface area (Å²) in [6.45, 7) is 0.860. The average Bonchev–Trinajstić information content (AvgIpc) is 3.33. The van der Waals surface area contributed by atoms with Crippen LogP contribution in [0.1, 0.15) is 38.0 Å². The maximum Gasteiger partial charge on any atom is 0.122 e. The lowest BCUT2D eigenvalue weighted by Crippen LogP contribution is -1.85. The van der Waals surface area contributed by atoms with Crippen molar-refractivity contribution >= 4 is 8.41 Å². The summed E-state index contributed by atoms with van der Waals surface area (Å²) in [7, 11) is 0. The van der Waals surface area contributed by atoms with Crippen LogP contribution in [-0.2, 0) is 19.3 Å². The van der Waals surface area contributed by atoms with Gasteiger partial charge in [-0.3, -0.25) is 0 Å². The van der Waals surface area contributed by atoms with Gasteiger partial charge in [0.2, 0.25) is 0 Å². The Balaban J connectivity index is 0.000000363. The van der Waals surface area contributed by atoms with Crippen molar-refractivity contribution in [3.63, 3.8) is 0 Å². The zero-order valence-electron chi connectivity index (χ0n) is 14.6. The molecule has 5 rings (SSSR count). The average molecular weight is 359 g/mol. The van der Waals surface area contributed by atoms with Crippen LogP contribution >= 0.6 is 0 Å². The summed E-state index contributed by atoms with van der Waals surface area (Å²) in [4.78, 5) is 0. The summed E-state index contributed by atoms with van der Waals surface area (Å²) in [5.74, 6) is 1.07. The van der Waals surface area contributed by atoms with Gasteiger partial charge in [-0.25, -0.2) is 0 Å². The number of hydrogen-bond donors (Lipinski definition) is 0. The van der Waals surface area contributed by atoms with Crippen molar-refractivity contribution in [1.29, 1.82) is 0 Å². The lowest BCUT2D eigenvalue weighted by molar-refractivity contribution is 0.357. The molecule has 0 amide bonds. The van der Waals surface area contributed by atoms with Gasteiger partial charge in [0.15, 0.2) is 0 Å². The number of fused-ring (bicyclic) bond motifs is 2. The number of rotatable bonds is 0.